The highest BCUT2D eigenvalue weighted by molar-refractivity contribution is 9.10. The van der Waals surface area contributed by atoms with Crippen molar-refractivity contribution in [2.24, 2.45) is 0 Å². The second kappa shape index (κ2) is 7.40. The first-order chi connectivity index (χ1) is 12.7. The summed E-state index contributed by atoms with van der Waals surface area (Å²) in [6.07, 6.45) is 3.71. The predicted molar refractivity (Wildman–Crippen MR) is 111 cm³/mol. The van der Waals surface area contributed by atoms with Crippen molar-refractivity contribution >= 4 is 27.5 Å². The van der Waals surface area contributed by atoms with Crippen molar-refractivity contribution in [2.75, 3.05) is 0 Å². The van der Waals surface area contributed by atoms with Gasteiger partial charge in [-0.15, -0.1) is 0 Å². The minimum Gasteiger partial charge on any atom is -0.256 e. The van der Waals surface area contributed by atoms with E-state index in [-0.39, 0.29) is 0 Å². The van der Waals surface area contributed by atoms with E-state index >= 15 is 0 Å². The van der Waals surface area contributed by atoms with E-state index in [0.29, 0.717) is 5.02 Å². The van der Waals surface area contributed by atoms with E-state index < -0.39 is 0 Å². The molecule has 4 rings (SSSR count). The Bertz CT molecular complexity index is 1040. The summed E-state index contributed by atoms with van der Waals surface area (Å²) in [5.74, 6) is 0. The SMILES string of the molecule is Clc1ccc(-c2cc(-c3ccc(-c4ccccc4Br)cn3)ccn2)cc1. The topological polar surface area (TPSA) is 25.8 Å². The van der Waals surface area contributed by atoms with Crippen LogP contribution in [0.15, 0.2) is 89.7 Å². The fraction of sp³-hybridized carbons (Fsp3) is 0. The first kappa shape index (κ1) is 17.0. The molecule has 0 aliphatic rings. The summed E-state index contributed by atoms with van der Waals surface area (Å²) in [4.78, 5) is 9.11. The van der Waals surface area contributed by atoms with Crippen LogP contribution in [0.25, 0.3) is 33.6 Å². The van der Waals surface area contributed by atoms with Gasteiger partial charge in [-0.2, -0.15) is 0 Å². The Balaban J connectivity index is 1.67. The summed E-state index contributed by atoms with van der Waals surface area (Å²) in [6.45, 7) is 0. The predicted octanol–water partition coefficient (Wildman–Crippen LogP) is 6.89. The number of hydrogen-bond acceptors (Lipinski definition) is 2. The molecular weight excluding hydrogens is 408 g/mol. The molecule has 0 bridgehead atoms. The summed E-state index contributed by atoms with van der Waals surface area (Å²) in [7, 11) is 0. The first-order valence-corrected chi connectivity index (χ1v) is 9.31. The van der Waals surface area contributed by atoms with Crippen molar-refractivity contribution in [2.45, 2.75) is 0 Å². The molecule has 0 amide bonds. The molecule has 2 nitrogen and oxygen atoms in total. The molecule has 0 N–H and O–H groups in total. The van der Waals surface area contributed by atoms with E-state index in [1.165, 1.54) is 0 Å². The molecule has 0 aliphatic carbocycles. The zero-order chi connectivity index (χ0) is 17.9. The highest BCUT2D eigenvalue weighted by Gasteiger charge is 2.06. The second-order valence-electron chi connectivity index (χ2n) is 5.85. The summed E-state index contributed by atoms with van der Waals surface area (Å²) < 4.78 is 1.06. The Morgan fingerprint density at radius 2 is 1.46 bits per heavy atom. The third kappa shape index (κ3) is 3.55. The molecule has 126 valence electrons. The number of halogens is 2. The number of nitrogens with zero attached hydrogens (tertiary/aromatic N) is 2. The second-order valence-corrected chi connectivity index (χ2v) is 7.14. The van der Waals surface area contributed by atoms with Gasteiger partial charge in [0.1, 0.15) is 0 Å². The molecule has 0 radical (unpaired) electrons. The molecule has 4 heteroatoms. The van der Waals surface area contributed by atoms with Crippen LogP contribution >= 0.6 is 27.5 Å². The molecule has 0 saturated heterocycles. The first-order valence-electron chi connectivity index (χ1n) is 8.14. The van der Waals surface area contributed by atoms with Gasteiger partial charge in [-0.25, -0.2) is 0 Å². The maximum absolute atomic E-state index is 5.97. The summed E-state index contributed by atoms with van der Waals surface area (Å²) in [6, 6.07) is 24.0. The van der Waals surface area contributed by atoms with Crippen LogP contribution in [-0.2, 0) is 0 Å². The molecule has 0 aliphatic heterocycles. The number of benzene rings is 2. The Morgan fingerprint density at radius 3 is 2.19 bits per heavy atom. The molecule has 0 fully saturated rings. The van der Waals surface area contributed by atoms with Crippen molar-refractivity contribution in [1.29, 1.82) is 0 Å². The Hall–Kier alpha value is -2.49. The minimum atomic E-state index is 0.717. The van der Waals surface area contributed by atoms with Crippen LogP contribution in [0, 0.1) is 0 Å². The van der Waals surface area contributed by atoms with Crippen LogP contribution in [0.1, 0.15) is 0 Å². The van der Waals surface area contributed by atoms with Crippen molar-refractivity contribution in [1.82, 2.24) is 9.97 Å². The van der Waals surface area contributed by atoms with Crippen LogP contribution in [0.5, 0.6) is 0 Å². The van der Waals surface area contributed by atoms with E-state index in [1.807, 2.05) is 73.1 Å². The van der Waals surface area contributed by atoms with Crippen molar-refractivity contribution in [3.05, 3.63) is 94.7 Å². The van der Waals surface area contributed by atoms with Gasteiger partial charge < -0.3 is 0 Å². The van der Waals surface area contributed by atoms with Crippen LogP contribution in [0.2, 0.25) is 5.02 Å². The van der Waals surface area contributed by atoms with Gasteiger partial charge in [0.15, 0.2) is 0 Å². The monoisotopic (exact) mass is 420 g/mol. The van der Waals surface area contributed by atoms with Gasteiger partial charge in [-0.1, -0.05) is 63.9 Å². The summed E-state index contributed by atoms with van der Waals surface area (Å²) >= 11 is 9.56. The zero-order valence-electron chi connectivity index (χ0n) is 13.7. The Morgan fingerprint density at radius 1 is 0.692 bits per heavy atom. The van der Waals surface area contributed by atoms with E-state index in [4.69, 9.17) is 11.6 Å². The quantitative estimate of drug-likeness (QED) is 0.360. The normalized spacial score (nSPS) is 10.7. The van der Waals surface area contributed by atoms with E-state index in [2.05, 4.69) is 38.0 Å². The van der Waals surface area contributed by atoms with E-state index in [9.17, 15) is 0 Å². The highest BCUT2D eigenvalue weighted by Crippen LogP contribution is 2.29. The maximum atomic E-state index is 5.97. The average molecular weight is 422 g/mol. The van der Waals surface area contributed by atoms with Gasteiger partial charge in [0.2, 0.25) is 0 Å². The van der Waals surface area contributed by atoms with E-state index in [0.717, 1.165) is 38.1 Å². The van der Waals surface area contributed by atoms with Gasteiger partial charge in [-0.05, 0) is 42.0 Å². The molecule has 2 heterocycles. The lowest BCUT2D eigenvalue weighted by Crippen LogP contribution is -1.88. The third-order valence-electron chi connectivity index (χ3n) is 4.14. The van der Waals surface area contributed by atoms with Crippen LogP contribution in [-0.4, -0.2) is 9.97 Å². The molecule has 2 aromatic heterocycles. The minimum absolute atomic E-state index is 0.717. The highest BCUT2D eigenvalue weighted by atomic mass is 79.9. The lowest BCUT2D eigenvalue weighted by molar-refractivity contribution is 1.29. The van der Waals surface area contributed by atoms with Gasteiger partial charge in [0.25, 0.3) is 0 Å². The number of rotatable bonds is 3. The van der Waals surface area contributed by atoms with Crippen molar-refractivity contribution in [3.63, 3.8) is 0 Å². The van der Waals surface area contributed by atoms with E-state index in [1.54, 1.807) is 0 Å². The summed E-state index contributed by atoms with van der Waals surface area (Å²) in [5.41, 5.74) is 6.08. The lowest BCUT2D eigenvalue weighted by Gasteiger charge is -2.07. The van der Waals surface area contributed by atoms with Crippen molar-refractivity contribution in [3.8, 4) is 33.6 Å². The summed E-state index contributed by atoms with van der Waals surface area (Å²) in [5, 5.41) is 0.717. The number of pyridine rings is 2. The molecule has 0 saturated carbocycles. The average Bonchev–Trinajstić information content (AvgIpc) is 2.69. The molecule has 0 spiro atoms. The van der Waals surface area contributed by atoms with Gasteiger partial charge >= 0.3 is 0 Å². The molecular formula is C22H14BrClN2. The lowest BCUT2D eigenvalue weighted by atomic mass is 10.0. The smallest absolute Gasteiger partial charge is 0.0708 e. The van der Waals surface area contributed by atoms with Crippen LogP contribution in [0.3, 0.4) is 0 Å². The molecule has 4 aromatic rings. The molecule has 26 heavy (non-hydrogen) atoms. The molecule has 0 unspecified atom stereocenters. The van der Waals surface area contributed by atoms with Crippen LogP contribution < -0.4 is 0 Å². The van der Waals surface area contributed by atoms with Crippen molar-refractivity contribution < 1.29 is 0 Å². The Labute approximate surface area is 165 Å². The third-order valence-corrected chi connectivity index (χ3v) is 5.09. The fourth-order valence-electron chi connectivity index (χ4n) is 2.79. The Kier molecular flexibility index (Phi) is 4.83. The largest absolute Gasteiger partial charge is 0.256 e. The van der Waals surface area contributed by atoms with Crippen LogP contribution in [0.4, 0.5) is 0 Å². The van der Waals surface area contributed by atoms with Gasteiger partial charge in [0.05, 0.1) is 11.4 Å². The fourth-order valence-corrected chi connectivity index (χ4v) is 3.43. The molecule has 0 atom stereocenters. The number of hydrogen-bond donors (Lipinski definition) is 0. The standard InChI is InChI=1S/C22H14BrClN2/c23-20-4-2-1-3-19(20)17-7-10-21(26-14-17)16-11-12-25-22(13-16)15-5-8-18(24)9-6-15/h1-14H. The zero-order valence-corrected chi connectivity index (χ0v) is 16.1. The molecule has 2 aromatic carbocycles. The van der Waals surface area contributed by atoms with Gasteiger partial charge in [0, 0.05) is 38.6 Å². The number of aromatic nitrogens is 2. The maximum Gasteiger partial charge on any atom is 0.0708 e. The van der Waals surface area contributed by atoms with Gasteiger partial charge in [-0.3, -0.25) is 9.97 Å².